The molecule has 5 N–H and O–H groups in total. The van der Waals surface area contributed by atoms with E-state index in [2.05, 4.69) is 4.74 Å². The van der Waals surface area contributed by atoms with E-state index in [0.29, 0.717) is 0 Å². The van der Waals surface area contributed by atoms with Crippen LogP contribution in [0.2, 0.25) is 0 Å². The fourth-order valence-electron chi connectivity index (χ4n) is 1.40. The van der Waals surface area contributed by atoms with E-state index in [1.165, 1.54) is 6.92 Å². The topological polar surface area (TPSA) is 98.6 Å². The van der Waals surface area contributed by atoms with Crippen molar-refractivity contribution in [2.24, 2.45) is 5.73 Å². The lowest BCUT2D eigenvalue weighted by atomic mass is 9.99. The molecule has 8 heteroatoms. The van der Waals surface area contributed by atoms with Crippen LogP contribution in [0.1, 0.15) is 18.5 Å². The zero-order valence-electron chi connectivity index (χ0n) is 9.99. The highest BCUT2D eigenvalue weighted by atomic mass is 19.3. The Balaban J connectivity index is 3.16. The number of alkyl halides is 2. The number of benzene rings is 1. The number of halogens is 3. The zero-order valence-corrected chi connectivity index (χ0v) is 9.99. The molecule has 1 aromatic carbocycles. The van der Waals surface area contributed by atoms with Crippen molar-refractivity contribution in [1.82, 2.24) is 0 Å². The summed E-state index contributed by atoms with van der Waals surface area (Å²) < 4.78 is 44.5. The first-order valence-corrected chi connectivity index (χ1v) is 5.30. The quantitative estimate of drug-likeness (QED) is 0.438. The predicted molar refractivity (Wildman–Crippen MR) is 61.0 cm³/mol. The lowest BCUT2D eigenvalue weighted by molar-refractivity contribution is -0.174. The number of anilines is 1. The SMILES string of the molecule is CCOC(=O)C(F)(F)[C@H](N)c1ccc(F)c(N)c1O. The smallest absolute Gasteiger partial charge is 0.379 e. The monoisotopic (exact) mass is 278 g/mol. The van der Waals surface area contributed by atoms with Crippen LogP contribution in [0.3, 0.4) is 0 Å². The van der Waals surface area contributed by atoms with Gasteiger partial charge in [-0.15, -0.1) is 0 Å². The highest BCUT2D eigenvalue weighted by molar-refractivity contribution is 5.79. The van der Waals surface area contributed by atoms with Crippen molar-refractivity contribution in [2.75, 3.05) is 12.3 Å². The summed E-state index contributed by atoms with van der Waals surface area (Å²) >= 11 is 0. The third-order valence-corrected chi connectivity index (χ3v) is 2.47. The zero-order chi connectivity index (χ0) is 14.8. The molecule has 0 aliphatic heterocycles. The Morgan fingerprint density at radius 3 is 2.63 bits per heavy atom. The maximum absolute atomic E-state index is 13.7. The molecule has 19 heavy (non-hydrogen) atoms. The van der Waals surface area contributed by atoms with Crippen LogP contribution < -0.4 is 11.5 Å². The minimum absolute atomic E-state index is 0.251. The van der Waals surface area contributed by atoms with Crippen LogP contribution in [-0.2, 0) is 9.53 Å². The molecule has 0 saturated heterocycles. The van der Waals surface area contributed by atoms with Crippen molar-refractivity contribution in [3.05, 3.63) is 23.5 Å². The number of ether oxygens (including phenoxy) is 1. The summed E-state index contributed by atoms with van der Waals surface area (Å²) in [4.78, 5) is 11.1. The van der Waals surface area contributed by atoms with Gasteiger partial charge in [0.2, 0.25) is 0 Å². The van der Waals surface area contributed by atoms with E-state index >= 15 is 0 Å². The summed E-state index contributed by atoms with van der Waals surface area (Å²) in [6.07, 6.45) is 0. The Kier molecular flexibility index (Phi) is 4.25. The van der Waals surface area contributed by atoms with Crippen LogP contribution in [-0.4, -0.2) is 23.6 Å². The summed E-state index contributed by atoms with van der Waals surface area (Å²) in [5.41, 5.74) is 9.13. The van der Waals surface area contributed by atoms with Crippen LogP contribution in [0.15, 0.2) is 12.1 Å². The van der Waals surface area contributed by atoms with Gasteiger partial charge in [0.1, 0.15) is 23.3 Å². The number of phenols is 1. The number of nitrogens with two attached hydrogens (primary N) is 2. The van der Waals surface area contributed by atoms with Gasteiger partial charge in [0.05, 0.1) is 6.61 Å². The van der Waals surface area contributed by atoms with Crippen LogP contribution in [0.25, 0.3) is 0 Å². The van der Waals surface area contributed by atoms with E-state index in [9.17, 15) is 23.1 Å². The molecular weight excluding hydrogens is 265 g/mol. The number of esters is 1. The van der Waals surface area contributed by atoms with Gasteiger partial charge in [-0.05, 0) is 13.0 Å². The number of phenolic OH excluding ortho intramolecular Hbond substituents is 1. The van der Waals surface area contributed by atoms with E-state index in [4.69, 9.17) is 11.5 Å². The molecule has 0 bridgehead atoms. The second kappa shape index (κ2) is 5.35. The third kappa shape index (κ3) is 2.73. The molecule has 106 valence electrons. The molecule has 0 amide bonds. The molecule has 0 fully saturated rings. The van der Waals surface area contributed by atoms with Gasteiger partial charge in [0, 0.05) is 5.56 Å². The van der Waals surface area contributed by atoms with Crippen molar-refractivity contribution in [1.29, 1.82) is 0 Å². The first-order chi connectivity index (χ1) is 8.73. The Bertz CT molecular complexity index is 494. The molecule has 0 aliphatic rings. The highest BCUT2D eigenvalue weighted by Crippen LogP contribution is 2.38. The largest absolute Gasteiger partial charge is 0.505 e. The second-order valence-electron chi connectivity index (χ2n) is 3.72. The van der Waals surface area contributed by atoms with Gasteiger partial charge in [-0.1, -0.05) is 6.07 Å². The first kappa shape index (κ1) is 15.1. The Morgan fingerprint density at radius 2 is 2.11 bits per heavy atom. The van der Waals surface area contributed by atoms with Gasteiger partial charge >= 0.3 is 11.9 Å². The van der Waals surface area contributed by atoms with E-state index in [1.54, 1.807) is 0 Å². The molecule has 5 nitrogen and oxygen atoms in total. The number of rotatable bonds is 4. The Morgan fingerprint density at radius 1 is 1.53 bits per heavy atom. The standard InChI is InChI=1S/C11H13F3N2O3/c1-2-19-10(18)11(13,14)9(16)5-3-4-6(12)7(15)8(5)17/h3-4,9,17H,2,15-16H2,1H3/t9-/m1/s1. The molecule has 0 heterocycles. The minimum Gasteiger partial charge on any atom is -0.505 e. The minimum atomic E-state index is -4.07. The van der Waals surface area contributed by atoms with E-state index in [1.807, 2.05) is 0 Å². The van der Waals surface area contributed by atoms with Crippen molar-refractivity contribution in [3.8, 4) is 5.75 Å². The van der Waals surface area contributed by atoms with Crippen molar-refractivity contribution >= 4 is 11.7 Å². The molecule has 0 aromatic heterocycles. The summed E-state index contributed by atoms with van der Waals surface area (Å²) in [7, 11) is 0. The highest BCUT2D eigenvalue weighted by Gasteiger charge is 2.48. The molecule has 1 rings (SSSR count). The summed E-state index contributed by atoms with van der Waals surface area (Å²) in [6.45, 7) is 1.10. The maximum atomic E-state index is 13.7. The normalized spacial score (nSPS) is 13.1. The molecule has 0 aliphatic carbocycles. The molecule has 0 radical (unpaired) electrons. The number of aromatic hydroxyl groups is 1. The van der Waals surface area contributed by atoms with Gasteiger partial charge in [0.25, 0.3) is 0 Å². The van der Waals surface area contributed by atoms with Gasteiger partial charge in [-0.2, -0.15) is 8.78 Å². The van der Waals surface area contributed by atoms with Crippen molar-refractivity contribution in [3.63, 3.8) is 0 Å². The van der Waals surface area contributed by atoms with Crippen LogP contribution in [0.5, 0.6) is 5.75 Å². The lowest BCUT2D eigenvalue weighted by Crippen LogP contribution is -2.41. The Hall–Kier alpha value is -1.96. The fraction of sp³-hybridized carbons (Fsp3) is 0.364. The molecule has 1 aromatic rings. The van der Waals surface area contributed by atoms with Gasteiger partial charge < -0.3 is 21.3 Å². The average Bonchev–Trinajstić information content (AvgIpc) is 2.35. The van der Waals surface area contributed by atoms with Crippen molar-refractivity contribution < 1.29 is 27.8 Å². The molecule has 0 saturated carbocycles. The first-order valence-electron chi connectivity index (χ1n) is 5.30. The number of hydrogen-bond acceptors (Lipinski definition) is 5. The molecule has 1 atom stereocenters. The van der Waals surface area contributed by atoms with Crippen LogP contribution in [0.4, 0.5) is 18.9 Å². The Labute approximate surface area is 107 Å². The van der Waals surface area contributed by atoms with Crippen LogP contribution in [0, 0.1) is 5.82 Å². The fourth-order valence-corrected chi connectivity index (χ4v) is 1.40. The number of hydrogen-bond donors (Lipinski definition) is 3. The van der Waals surface area contributed by atoms with Crippen molar-refractivity contribution in [2.45, 2.75) is 18.9 Å². The third-order valence-electron chi connectivity index (χ3n) is 2.47. The lowest BCUT2D eigenvalue weighted by Gasteiger charge is -2.23. The predicted octanol–water partition coefficient (Wildman–Crippen LogP) is 1.31. The number of carbonyl (C=O) groups is 1. The maximum Gasteiger partial charge on any atom is 0.379 e. The second-order valence-corrected chi connectivity index (χ2v) is 3.72. The number of nitrogen functional groups attached to an aromatic ring is 1. The molecule has 0 unspecified atom stereocenters. The van der Waals surface area contributed by atoms with E-state index in [0.717, 1.165) is 12.1 Å². The summed E-state index contributed by atoms with van der Waals surface area (Å²) in [5.74, 6) is -7.80. The van der Waals surface area contributed by atoms with E-state index in [-0.39, 0.29) is 6.61 Å². The van der Waals surface area contributed by atoms with Gasteiger partial charge in [-0.3, -0.25) is 0 Å². The molecule has 0 spiro atoms. The summed E-state index contributed by atoms with van der Waals surface area (Å²) in [6, 6.07) is -0.598. The summed E-state index contributed by atoms with van der Waals surface area (Å²) in [5, 5.41) is 9.49. The van der Waals surface area contributed by atoms with Gasteiger partial charge in [-0.25, -0.2) is 9.18 Å². The molecular formula is C11H13F3N2O3. The number of carbonyl (C=O) groups excluding carboxylic acids is 1. The average molecular weight is 278 g/mol. The van der Waals surface area contributed by atoms with Gasteiger partial charge in [0.15, 0.2) is 0 Å². The van der Waals surface area contributed by atoms with E-state index < -0.39 is 40.8 Å². The van der Waals surface area contributed by atoms with Crippen LogP contribution >= 0.6 is 0 Å².